The molecule has 1 atom stereocenters. The van der Waals surface area contributed by atoms with Gasteiger partial charge in [-0.1, -0.05) is 18.5 Å². The average molecular weight is 228 g/mol. The monoisotopic (exact) mass is 228 g/mol. The summed E-state index contributed by atoms with van der Waals surface area (Å²) < 4.78 is 14.7. The molecule has 6 heteroatoms. The van der Waals surface area contributed by atoms with Gasteiger partial charge < -0.3 is 14.0 Å². The van der Waals surface area contributed by atoms with E-state index in [4.69, 9.17) is 14.0 Å². The maximum Gasteiger partial charge on any atom is 0.397 e. The lowest BCUT2D eigenvalue weighted by Gasteiger charge is -2.08. The highest BCUT2D eigenvalue weighted by molar-refractivity contribution is 5.83. The minimum absolute atomic E-state index is 0.130. The van der Waals surface area contributed by atoms with Gasteiger partial charge in [0.2, 0.25) is 5.82 Å². The molecule has 0 fully saturated rings. The van der Waals surface area contributed by atoms with Gasteiger partial charge in [0.15, 0.2) is 0 Å². The summed E-state index contributed by atoms with van der Waals surface area (Å²) in [6.07, 6.45) is 1.47. The summed E-state index contributed by atoms with van der Waals surface area (Å²) in [5.74, 6) is -0.352. The lowest BCUT2D eigenvalue weighted by molar-refractivity contribution is 0.0470. The number of methoxy groups -OCH3 is 1. The van der Waals surface area contributed by atoms with Crippen molar-refractivity contribution in [2.75, 3.05) is 13.7 Å². The fraction of sp³-hybridized carbons (Fsp3) is 0.700. The molecule has 0 radical (unpaired) electrons. The van der Waals surface area contributed by atoms with Gasteiger partial charge >= 0.3 is 11.9 Å². The average Bonchev–Trinajstić information content (AvgIpc) is 2.75. The Balaban J connectivity index is 2.72. The van der Waals surface area contributed by atoms with Crippen LogP contribution in [0.3, 0.4) is 0 Å². The van der Waals surface area contributed by atoms with E-state index in [0.717, 1.165) is 12.8 Å². The number of hydrogen-bond acceptors (Lipinski definition) is 6. The Morgan fingerprint density at radius 1 is 1.50 bits per heavy atom. The molecule has 1 heterocycles. The summed E-state index contributed by atoms with van der Waals surface area (Å²) >= 11 is 0. The Bertz CT molecular complexity index is 337. The number of hydrogen-bond donors (Lipinski definition) is 0. The zero-order chi connectivity index (χ0) is 12.0. The van der Waals surface area contributed by atoms with Crippen LogP contribution in [0.25, 0.3) is 0 Å². The van der Waals surface area contributed by atoms with Gasteiger partial charge in [0.25, 0.3) is 0 Å². The Morgan fingerprint density at radius 3 is 2.81 bits per heavy atom. The first kappa shape index (κ1) is 12.6. The van der Waals surface area contributed by atoms with Gasteiger partial charge in [0.1, 0.15) is 6.10 Å². The highest BCUT2D eigenvalue weighted by Crippen LogP contribution is 2.18. The van der Waals surface area contributed by atoms with E-state index >= 15 is 0 Å². The molecule has 0 aromatic carbocycles. The second kappa shape index (κ2) is 6.22. The third-order valence-corrected chi connectivity index (χ3v) is 2.02. The first-order valence-electron chi connectivity index (χ1n) is 5.26. The topological polar surface area (TPSA) is 74.5 Å². The summed E-state index contributed by atoms with van der Waals surface area (Å²) in [6.45, 7) is 4.02. The summed E-state index contributed by atoms with van der Waals surface area (Å²) in [4.78, 5) is 15.2. The van der Waals surface area contributed by atoms with Gasteiger partial charge in [-0.05, 0) is 13.3 Å². The Hall–Kier alpha value is -1.43. The maximum atomic E-state index is 11.3. The van der Waals surface area contributed by atoms with Crippen molar-refractivity contribution < 1.29 is 18.8 Å². The van der Waals surface area contributed by atoms with Crippen LogP contribution in [0.4, 0.5) is 0 Å². The van der Waals surface area contributed by atoms with Crippen molar-refractivity contribution in [3.05, 3.63) is 11.7 Å². The minimum Gasteiger partial charge on any atom is -0.459 e. The molecule has 0 spiro atoms. The van der Waals surface area contributed by atoms with E-state index in [1.807, 2.05) is 6.92 Å². The van der Waals surface area contributed by atoms with Crippen molar-refractivity contribution in [1.82, 2.24) is 10.1 Å². The summed E-state index contributed by atoms with van der Waals surface area (Å²) in [5, 5.41) is 3.70. The first-order valence-corrected chi connectivity index (χ1v) is 5.26. The Morgan fingerprint density at radius 2 is 2.25 bits per heavy atom. The van der Waals surface area contributed by atoms with Crippen LogP contribution < -0.4 is 0 Å². The highest BCUT2D eigenvalue weighted by Gasteiger charge is 2.21. The molecule has 0 saturated carbocycles. The van der Waals surface area contributed by atoms with E-state index < -0.39 is 5.97 Å². The van der Waals surface area contributed by atoms with Crippen molar-refractivity contribution in [2.24, 2.45) is 0 Å². The summed E-state index contributed by atoms with van der Waals surface area (Å²) in [5.41, 5.74) is 0. The predicted molar refractivity (Wildman–Crippen MR) is 54.9 cm³/mol. The summed E-state index contributed by atoms with van der Waals surface area (Å²) in [6, 6.07) is 0. The molecular weight excluding hydrogens is 212 g/mol. The SMILES string of the molecule is CCCC(OC)c1noc(C(=O)OCC)n1. The largest absolute Gasteiger partial charge is 0.459 e. The number of carbonyl (C=O) groups excluding carboxylic acids is 1. The van der Waals surface area contributed by atoms with Gasteiger partial charge in [0, 0.05) is 7.11 Å². The van der Waals surface area contributed by atoms with Crippen LogP contribution in [0, 0.1) is 0 Å². The van der Waals surface area contributed by atoms with Gasteiger partial charge in [0.05, 0.1) is 6.61 Å². The van der Waals surface area contributed by atoms with Crippen LogP contribution >= 0.6 is 0 Å². The zero-order valence-corrected chi connectivity index (χ0v) is 9.73. The molecule has 1 aromatic rings. The van der Waals surface area contributed by atoms with Crippen molar-refractivity contribution in [1.29, 1.82) is 0 Å². The second-order valence-electron chi connectivity index (χ2n) is 3.19. The zero-order valence-electron chi connectivity index (χ0n) is 9.73. The van der Waals surface area contributed by atoms with Crippen LogP contribution in [0.15, 0.2) is 4.52 Å². The van der Waals surface area contributed by atoms with Crippen LogP contribution in [-0.4, -0.2) is 29.8 Å². The lowest BCUT2D eigenvalue weighted by Crippen LogP contribution is -2.07. The van der Waals surface area contributed by atoms with E-state index in [2.05, 4.69) is 10.1 Å². The Labute approximate surface area is 93.9 Å². The fourth-order valence-corrected chi connectivity index (χ4v) is 1.26. The maximum absolute atomic E-state index is 11.3. The number of nitrogens with zero attached hydrogens (tertiary/aromatic N) is 2. The number of aromatic nitrogens is 2. The minimum atomic E-state index is -0.604. The predicted octanol–water partition coefficient (Wildman–Crippen LogP) is 1.73. The van der Waals surface area contributed by atoms with Gasteiger partial charge in [-0.25, -0.2) is 4.79 Å². The molecule has 0 aliphatic heterocycles. The van der Waals surface area contributed by atoms with Crippen molar-refractivity contribution in [3.63, 3.8) is 0 Å². The number of rotatable bonds is 6. The molecule has 0 N–H and O–H groups in total. The third kappa shape index (κ3) is 3.03. The van der Waals surface area contributed by atoms with E-state index in [1.54, 1.807) is 14.0 Å². The van der Waals surface area contributed by atoms with Crippen molar-refractivity contribution in [2.45, 2.75) is 32.8 Å². The molecule has 6 nitrogen and oxygen atoms in total. The smallest absolute Gasteiger partial charge is 0.397 e. The molecule has 0 amide bonds. The van der Waals surface area contributed by atoms with E-state index in [0.29, 0.717) is 5.82 Å². The van der Waals surface area contributed by atoms with Gasteiger partial charge in [-0.15, -0.1) is 0 Å². The van der Waals surface area contributed by atoms with E-state index in [9.17, 15) is 4.79 Å². The fourth-order valence-electron chi connectivity index (χ4n) is 1.26. The molecular formula is C10H16N2O4. The van der Waals surface area contributed by atoms with Crippen molar-refractivity contribution >= 4 is 5.97 Å². The normalized spacial score (nSPS) is 12.4. The van der Waals surface area contributed by atoms with Gasteiger partial charge in [-0.2, -0.15) is 4.98 Å². The molecule has 16 heavy (non-hydrogen) atoms. The highest BCUT2D eigenvalue weighted by atomic mass is 16.6. The lowest BCUT2D eigenvalue weighted by atomic mass is 10.2. The molecule has 1 rings (SSSR count). The molecule has 1 aromatic heterocycles. The van der Waals surface area contributed by atoms with E-state index in [1.165, 1.54) is 0 Å². The van der Waals surface area contributed by atoms with Crippen molar-refractivity contribution in [3.8, 4) is 0 Å². The first-order chi connectivity index (χ1) is 7.72. The van der Waals surface area contributed by atoms with Gasteiger partial charge in [-0.3, -0.25) is 0 Å². The second-order valence-corrected chi connectivity index (χ2v) is 3.19. The summed E-state index contributed by atoms with van der Waals surface area (Å²) in [7, 11) is 1.57. The van der Waals surface area contributed by atoms with Crippen LogP contribution in [0.1, 0.15) is 49.3 Å². The van der Waals surface area contributed by atoms with Crippen LogP contribution in [-0.2, 0) is 9.47 Å². The molecule has 0 saturated heterocycles. The van der Waals surface area contributed by atoms with E-state index in [-0.39, 0.29) is 18.6 Å². The number of carbonyl (C=O) groups is 1. The molecule has 90 valence electrons. The van der Waals surface area contributed by atoms with Crippen LogP contribution in [0.2, 0.25) is 0 Å². The number of ether oxygens (including phenoxy) is 2. The molecule has 0 bridgehead atoms. The Kier molecular flexibility index (Phi) is 4.91. The molecule has 0 aliphatic rings. The van der Waals surface area contributed by atoms with Crippen LogP contribution in [0.5, 0.6) is 0 Å². The third-order valence-electron chi connectivity index (χ3n) is 2.02. The quantitative estimate of drug-likeness (QED) is 0.690. The molecule has 1 unspecified atom stereocenters. The molecule has 0 aliphatic carbocycles. The number of esters is 1. The standard InChI is InChI=1S/C10H16N2O4/c1-4-6-7(14-3)8-11-9(16-12-8)10(13)15-5-2/h7H,4-6H2,1-3H3.